The van der Waals surface area contributed by atoms with Gasteiger partial charge >= 0.3 is 5.69 Å². The Morgan fingerprint density at radius 1 is 1.28 bits per heavy atom. The minimum Gasteiger partial charge on any atom is -0.310 e. The Kier molecular flexibility index (Phi) is 1.78. The molecule has 0 aliphatic heterocycles. The molecule has 3 aromatic rings. The van der Waals surface area contributed by atoms with Crippen LogP contribution in [0.2, 0.25) is 0 Å². The van der Waals surface area contributed by atoms with Crippen molar-refractivity contribution in [3.8, 4) is 0 Å². The molecule has 0 bridgehead atoms. The summed E-state index contributed by atoms with van der Waals surface area (Å²) < 4.78 is 1.66. The summed E-state index contributed by atoms with van der Waals surface area (Å²) in [5, 5.41) is 0. The molecular formula is C14H11N3O. The van der Waals surface area contributed by atoms with E-state index in [2.05, 4.69) is 22.1 Å². The second-order valence-electron chi connectivity index (χ2n) is 4.52. The van der Waals surface area contributed by atoms with Crippen molar-refractivity contribution in [1.29, 1.82) is 0 Å². The van der Waals surface area contributed by atoms with Crippen molar-refractivity contribution < 1.29 is 0 Å². The standard InChI is InChI=1S/C14H11N3O/c18-14-16-10-6-2-1-5-9(10)13-15-11-7-3-4-8-12(11)17(13)14/h1,3-5,7-8H,2,6H2,(H,16,18). The van der Waals surface area contributed by atoms with Crippen LogP contribution in [0.5, 0.6) is 0 Å². The van der Waals surface area contributed by atoms with Crippen molar-refractivity contribution in [1.82, 2.24) is 14.4 Å². The molecule has 88 valence electrons. The second kappa shape index (κ2) is 3.32. The first-order valence-corrected chi connectivity index (χ1v) is 6.03. The Morgan fingerprint density at radius 3 is 3.11 bits per heavy atom. The number of aryl methyl sites for hydroxylation is 1. The van der Waals surface area contributed by atoms with Crippen LogP contribution in [0, 0.1) is 0 Å². The molecule has 2 aromatic heterocycles. The number of imidazole rings is 1. The highest BCUT2D eigenvalue weighted by Crippen LogP contribution is 2.23. The number of aromatic amines is 1. The van der Waals surface area contributed by atoms with E-state index in [1.54, 1.807) is 4.40 Å². The van der Waals surface area contributed by atoms with Gasteiger partial charge in [0.1, 0.15) is 0 Å². The maximum Gasteiger partial charge on any atom is 0.332 e. The van der Waals surface area contributed by atoms with Crippen LogP contribution in [-0.2, 0) is 6.42 Å². The maximum atomic E-state index is 12.2. The molecule has 18 heavy (non-hydrogen) atoms. The first-order valence-electron chi connectivity index (χ1n) is 6.03. The SMILES string of the molecule is O=c1[nH]c2c(c3nc4ccccc4n13)C=CCC2. The van der Waals surface area contributed by atoms with E-state index >= 15 is 0 Å². The smallest absolute Gasteiger partial charge is 0.310 e. The van der Waals surface area contributed by atoms with E-state index in [0.29, 0.717) is 0 Å². The minimum atomic E-state index is -0.104. The van der Waals surface area contributed by atoms with Crippen LogP contribution < -0.4 is 5.69 Å². The first kappa shape index (κ1) is 9.65. The van der Waals surface area contributed by atoms with Gasteiger partial charge in [0.05, 0.1) is 11.0 Å². The summed E-state index contributed by atoms with van der Waals surface area (Å²) in [6.07, 6.45) is 6.02. The van der Waals surface area contributed by atoms with Crippen LogP contribution in [-0.4, -0.2) is 14.4 Å². The third-order valence-corrected chi connectivity index (χ3v) is 3.43. The highest BCUT2D eigenvalue weighted by Gasteiger charge is 2.15. The molecule has 4 heteroatoms. The Labute approximate surface area is 103 Å². The van der Waals surface area contributed by atoms with Gasteiger partial charge in [0.15, 0.2) is 5.65 Å². The van der Waals surface area contributed by atoms with E-state index in [-0.39, 0.29) is 5.69 Å². The average Bonchev–Trinajstić information content (AvgIpc) is 2.79. The van der Waals surface area contributed by atoms with Crippen molar-refractivity contribution in [2.45, 2.75) is 12.8 Å². The van der Waals surface area contributed by atoms with Crippen LogP contribution >= 0.6 is 0 Å². The van der Waals surface area contributed by atoms with E-state index in [0.717, 1.165) is 40.8 Å². The van der Waals surface area contributed by atoms with Gasteiger partial charge in [-0.25, -0.2) is 14.2 Å². The topological polar surface area (TPSA) is 50.2 Å². The number of nitrogens with zero attached hydrogens (tertiary/aromatic N) is 2. The summed E-state index contributed by atoms with van der Waals surface area (Å²) in [5.74, 6) is 0. The van der Waals surface area contributed by atoms with Gasteiger partial charge in [-0.2, -0.15) is 0 Å². The zero-order chi connectivity index (χ0) is 12.1. The maximum absolute atomic E-state index is 12.2. The molecular weight excluding hydrogens is 226 g/mol. The Hall–Kier alpha value is -2.36. The van der Waals surface area contributed by atoms with Crippen molar-refractivity contribution in [2.75, 3.05) is 0 Å². The average molecular weight is 237 g/mol. The number of benzene rings is 1. The molecule has 0 atom stereocenters. The van der Waals surface area contributed by atoms with E-state index in [1.165, 1.54) is 0 Å². The molecule has 1 aromatic carbocycles. The zero-order valence-electron chi connectivity index (χ0n) is 9.68. The van der Waals surface area contributed by atoms with Crippen LogP contribution in [0.4, 0.5) is 0 Å². The van der Waals surface area contributed by atoms with Crippen molar-refractivity contribution in [3.63, 3.8) is 0 Å². The van der Waals surface area contributed by atoms with Crippen LogP contribution in [0.3, 0.4) is 0 Å². The van der Waals surface area contributed by atoms with E-state index in [4.69, 9.17) is 0 Å². The van der Waals surface area contributed by atoms with Gasteiger partial charge in [0.2, 0.25) is 0 Å². The molecule has 0 unspecified atom stereocenters. The van der Waals surface area contributed by atoms with Gasteiger partial charge in [0.25, 0.3) is 0 Å². The van der Waals surface area contributed by atoms with Gasteiger partial charge in [-0.05, 0) is 25.0 Å². The number of nitrogens with one attached hydrogen (secondary N) is 1. The number of para-hydroxylation sites is 2. The van der Waals surface area contributed by atoms with Crippen LogP contribution in [0.25, 0.3) is 22.8 Å². The third kappa shape index (κ3) is 1.14. The normalized spacial score (nSPS) is 14.2. The molecule has 1 N–H and O–H groups in total. The Morgan fingerprint density at radius 2 is 2.17 bits per heavy atom. The molecule has 2 heterocycles. The summed E-state index contributed by atoms with van der Waals surface area (Å²) >= 11 is 0. The molecule has 4 rings (SSSR count). The molecule has 0 saturated heterocycles. The highest BCUT2D eigenvalue weighted by molar-refractivity contribution is 5.84. The predicted octanol–water partition coefficient (Wildman–Crippen LogP) is 2.14. The molecule has 1 aliphatic carbocycles. The lowest BCUT2D eigenvalue weighted by atomic mass is 10.0. The summed E-state index contributed by atoms with van der Waals surface area (Å²) in [4.78, 5) is 19.7. The van der Waals surface area contributed by atoms with Gasteiger partial charge in [-0.1, -0.05) is 24.3 Å². The second-order valence-corrected chi connectivity index (χ2v) is 4.52. The molecule has 0 saturated carbocycles. The number of rotatable bonds is 0. The van der Waals surface area contributed by atoms with Gasteiger partial charge in [-0.15, -0.1) is 0 Å². The lowest BCUT2D eigenvalue weighted by Crippen LogP contribution is -2.20. The van der Waals surface area contributed by atoms with Crippen molar-refractivity contribution in [3.05, 3.63) is 52.1 Å². The third-order valence-electron chi connectivity index (χ3n) is 3.43. The van der Waals surface area contributed by atoms with Gasteiger partial charge in [0, 0.05) is 11.3 Å². The number of hydrogen-bond acceptors (Lipinski definition) is 2. The Bertz CT molecular complexity index is 854. The van der Waals surface area contributed by atoms with E-state index in [1.807, 2.05) is 24.3 Å². The minimum absolute atomic E-state index is 0.104. The fraction of sp³-hybridized carbons (Fsp3) is 0.143. The fourth-order valence-electron chi connectivity index (χ4n) is 2.60. The Balaban J connectivity index is 2.30. The number of H-pyrrole nitrogens is 1. The molecule has 0 spiro atoms. The van der Waals surface area contributed by atoms with Crippen molar-refractivity contribution >= 4 is 22.8 Å². The molecule has 1 aliphatic rings. The zero-order valence-corrected chi connectivity index (χ0v) is 9.68. The summed E-state index contributed by atoms with van der Waals surface area (Å²) in [7, 11) is 0. The van der Waals surface area contributed by atoms with Gasteiger partial charge in [-0.3, -0.25) is 0 Å². The predicted molar refractivity (Wildman–Crippen MR) is 70.7 cm³/mol. The summed E-state index contributed by atoms with van der Waals surface area (Å²) in [5.41, 5.74) is 4.40. The molecule has 0 fully saturated rings. The van der Waals surface area contributed by atoms with Crippen molar-refractivity contribution in [2.24, 2.45) is 0 Å². The quantitative estimate of drug-likeness (QED) is 0.651. The number of aromatic nitrogens is 3. The highest BCUT2D eigenvalue weighted by atomic mass is 16.1. The largest absolute Gasteiger partial charge is 0.332 e. The lowest BCUT2D eigenvalue weighted by Gasteiger charge is -2.10. The molecule has 0 amide bonds. The van der Waals surface area contributed by atoms with Gasteiger partial charge < -0.3 is 4.98 Å². The van der Waals surface area contributed by atoms with Crippen LogP contribution in [0.1, 0.15) is 17.7 Å². The number of allylic oxidation sites excluding steroid dienone is 1. The van der Waals surface area contributed by atoms with E-state index < -0.39 is 0 Å². The molecule has 0 radical (unpaired) electrons. The van der Waals surface area contributed by atoms with Crippen LogP contribution in [0.15, 0.2) is 35.1 Å². The lowest BCUT2D eigenvalue weighted by molar-refractivity contribution is 0.879. The monoisotopic (exact) mass is 237 g/mol. The summed E-state index contributed by atoms with van der Waals surface area (Å²) in [6.45, 7) is 0. The number of hydrogen-bond donors (Lipinski definition) is 1. The fourth-order valence-corrected chi connectivity index (χ4v) is 2.60. The van der Waals surface area contributed by atoms with E-state index in [9.17, 15) is 4.79 Å². The molecule has 4 nitrogen and oxygen atoms in total. The first-order chi connectivity index (χ1) is 8.84. The summed E-state index contributed by atoms with van der Waals surface area (Å²) in [6, 6.07) is 7.71. The number of fused-ring (bicyclic) bond motifs is 5.